The van der Waals surface area contributed by atoms with Gasteiger partial charge in [0.05, 0.1) is 13.2 Å². The fourth-order valence-electron chi connectivity index (χ4n) is 3.33. The van der Waals surface area contributed by atoms with Gasteiger partial charge in [-0.1, -0.05) is 37.3 Å². The third-order valence-corrected chi connectivity index (χ3v) is 6.16. The summed E-state index contributed by atoms with van der Waals surface area (Å²) in [6, 6.07) is 8.05. The predicted octanol–water partition coefficient (Wildman–Crippen LogP) is 3.12. The average Bonchev–Trinajstić information content (AvgIpc) is 2.94. The number of rotatable bonds is 10. The number of hydrogen-bond acceptors (Lipinski definition) is 5. The molecule has 0 saturated carbocycles. The Kier molecular flexibility index (Phi) is 8.26. The van der Waals surface area contributed by atoms with Gasteiger partial charge >= 0.3 is 4.87 Å². The molecule has 1 unspecified atom stereocenters. The van der Waals surface area contributed by atoms with Crippen LogP contribution in [0.15, 0.2) is 29.1 Å². The van der Waals surface area contributed by atoms with E-state index in [0.29, 0.717) is 19.5 Å². The molecule has 1 aromatic heterocycles. The summed E-state index contributed by atoms with van der Waals surface area (Å²) in [5.74, 6) is 0.763. The zero-order chi connectivity index (χ0) is 20.7. The molecule has 0 aliphatic rings. The Balaban J connectivity index is 2.03. The fourth-order valence-corrected chi connectivity index (χ4v) is 4.19. The van der Waals surface area contributed by atoms with Crippen LogP contribution < -0.4 is 14.9 Å². The quantitative estimate of drug-likeness (QED) is 0.660. The number of thiazole rings is 1. The monoisotopic (exact) mass is 405 g/mol. The van der Waals surface area contributed by atoms with E-state index in [2.05, 4.69) is 30.1 Å². The van der Waals surface area contributed by atoms with Gasteiger partial charge in [-0.25, -0.2) is 0 Å². The predicted molar refractivity (Wildman–Crippen MR) is 114 cm³/mol. The lowest BCUT2D eigenvalue weighted by molar-refractivity contribution is -0.121. The van der Waals surface area contributed by atoms with Crippen molar-refractivity contribution in [2.75, 3.05) is 26.7 Å². The van der Waals surface area contributed by atoms with Gasteiger partial charge in [0.2, 0.25) is 5.91 Å². The van der Waals surface area contributed by atoms with Crippen LogP contribution in [0.5, 0.6) is 5.75 Å². The Hall–Kier alpha value is -2.12. The molecule has 6 nitrogen and oxygen atoms in total. The van der Waals surface area contributed by atoms with Crippen molar-refractivity contribution in [3.8, 4) is 5.75 Å². The molecule has 1 atom stereocenters. The Morgan fingerprint density at radius 2 is 2.00 bits per heavy atom. The number of aryl methyl sites for hydroxylation is 1. The molecule has 2 rings (SSSR count). The summed E-state index contributed by atoms with van der Waals surface area (Å²) < 4.78 is 7.04. The molecule has 0 saturated heterocycles. The topological polar surface area (TPSA) is 63.6 Å². The van der Waals surface area contributed by atoms with Crippen molar-refractivity contribution in [3.05, 3.63) is 50.1 Å². The van der Waals surface area contributed by atoms with E-state index >= 15 is 0 Å². The Bertz CT molecular complexity index is 840. The van der Waals surface area contributed by atoms with Crippen LogP contribution in [0.2, 0.25) is 0 Å². The van der Waals surface area contributed by atoms with Crippen molar-refractivity contribution < 1.29 is 9.53 Å². The maximum absolute atomic E-state index is 12.4. The Labute approximate surface area is 171 Å². The van der Waals surface area contributed by atoms with Crippen LogP contribution in [0.3, 0.4) is 0 Å². The number of carbonyl (C=O) groups excluding carboxylic acids is 1. The van der Waals surface area contributed by atoms with Gasteiger partial charge in [-0.15, -0.1) is 0 Å². The largest absolute Gasteiger partial charge is 0.497 e. The first-order chi connectivity index (χ1) is 13.4. The summed E-state index contributed by atoms with van der Waals surface area (Å²) >= 11 is 1.23. The smallest absolute Gasteiger partial charge is 0.307 e. The molecule has 0 spiro atoms. The normalized spacial score (nSPS) is 12.2. The van der Waals surface area contributed by atoms with Gasteiger partial charge < -0.3 is 14.6 Å². The highest BCUT2D eigenvalue weighted by Gasteiger charge is 2.19. The summed E-state index contributed by atoms with van der Waals surface area (Å²) in [6.07, 6.45) is 0.292. The minimum atomic E-state index is -0.0461. The van der Waals surface area contributed by atoms with E-state index in [1.165, 1.54) is 11.3 Å². The van der Waals surface area contributed by atoms with Crippen LogP contribution in [-0.4, -0.2) is 42.1 Å². The van der Waals surface area contributed by atoms with E-state index < -0.39 is 0 Å². The summed E-state index contributed by atoms with van der Waals surface area (Å²) in [4.78, 5) is 27.7. The van der Waals surface area contributed by atoms with Gasteiger partial charge in [0.1, 0.15) is 5.75 Å². The highest BCUT2D eigenvalue weighted by molar-refractivity contribution is 7.09. The number of benzene rings is 1. The van der Waals surface area contributed by atoms with E-state index in [4.69, 9.17) is 4.74 Å². The second-order valence-corrected chi connectivity index (χ2v) is 7.89. The average molecular weight is 406 g/mol. The second kappa shape index (κ2) is 10.4. The maximum Gasteiger partial charge on any atom is 0.307 e. The minimum Gasteiger partial charge on any atom is -0.497 e. The zero-order valence-corrected chi connectivity index (χ0v) is 18.3. The van der Waals surface area contributed by atoms with Crippen molar-refractivity contribution in [1.82, 2.24) is 14.8 Å². The third kappa shape index (κ3) is 5.45. The molecule has 1 N–H and O–H groups in total. The summed E-state index contributed by atoms with van der Waals surface area (Å²) in [7, 11) is 1.66. The number of aromatic nitrogens is 1. The van der Waals surface area contributed by atoms with Crippen LogP contribution in [0, 0.1) is 13.8 Å². The minimum absolute atomic E-state index is 0.000184. The lowest BCUT2D eigenvalue weighted by atomic mass is 10.0. The van der Waals surface area contributed by atoms with Crippen LogP contribution in [0.1, 0.15) is 42.4 Å². The van der Waals surface area contributed by atoms with Gasteiger partial charge in [0.25, 0.3) is 0 Å². The van der Waals surface area contributed by atoms with E-state index in [9.17, 15) is 9.59 Å². The molecule has 1 heterocycles. The molecule has 7 heteroatoms. The molecule has 0 fully saturated rings. The number of nitrogens with zero attached hydrogens (tertiary/aromatic N) is 2. The number of methoxy groups -OCH3 is 1. The number of hydrogen-bond donors (Lipinski definition) is 1. The molecule has 1 amide bonds. The van der Waals surface area contributed by atoms with Gasteiger partial charge in [0, 0.05) is 30.1 Å². The number of nitrogens with one attached hydrogen (secondary N) is 1. The molecular weight excluding hydrogens is 374 g/mol. The number of likely N-dealkylation sites (N-methyl/N-ethyl adjacent to an activating group) is 1. The SMILES string of the molecule is CCN(CC)C(CNC(=O)CCn1c(C)c(C)sc1=O)c1cccc(OC)c1. The van der Waals surface area contributed by atoms with E-state index in [1.54, 1.807) is 11.7 Å². The Morgan fingerprint density at radius 1 is 1.29 bits per heavy atom. The molecular formula is C21H31N3O3S. The molecule has 154 valence electrons. The number of amides is 1. The number of ether oxygens (including phenoxy) is 1. The molecule has 1 aromatic carbocycles. The first-order valence-corrected chi connectivity index (χ1v) is 10.5. The Morgan fingerprint density at radius 3 is 2.57 bits per heavy atom. The molecule has 28 heavy (non-hydrogen) atoms. The lowest BCUT2D eigenvalue weighted by Crippen LogP contribution is -2.38. The molecule has 2 aromatic rings. The van der Waals surface area contributed by atoms with Gasteiger partial charge in [-0.05, 0) is 44.6 Å². The summed E-state index contributed by atoms with van der Waals surface area (Å²) in [5.41, 5.74) is 2.06. The summed E-state index contributed by atoms with van der Waals surface area (Å²) in [5, 5.41) is 3.05. The fraction of sp³-hybridized carbons (Fsp3) is 0.524. The van der Waals surface area contributed by atoms with E-state index in [0.717, 1.165) is 35.0 Å². The van der Waals surface area contributed by atoms with Crippen molar-refractivity contribution in [2.24, 2.45) is 0 Å². The number of carbonyl (C=O) groups is 1. The van der Waals surface area contributed by atoms with Gasteiger partial charge in [-0.2, -0.15) is 0 Å². The standard InChI is InChI=1S/C21H31N3O3S/c1-6-23(7-2)19(17-9-8-10-18(13-17)27-5)14-22-20(25)11-12-24-15(3)16(4)28-21(24)26/h8-10,13,19H,6-7,11-12,14H2,1-5H3,(H,22,25). The van der Waals surface area contributed by atoms with Crippen LogP contribution in [0.25, 0.3) is 0 Å². The molecule has 0 bridgehead atoms. The second-order valence-electron chi connectivity index (χ2n) is 6.73. The first-order valence-electron chi connectivity index (χ1n) is 9.72. The van der Waals surface area contributed by atoms with Gasteiger partial charge in [-0.3, -0.25) is 14.5 Å². The highest BCUT2D eigenvalue weighted by atomic mass is 32.1. The third-order valence-electron chi connectivity index (χ3n) is 5.16. The van der Waals surface area contributed by atoms with E-state index in [1.807, 2.05) is 32.0 Å². The molecule has 0 aliphatic heterocycles. The molecule has 0 radical (unpaired) electrons. The summed E-state index contributed by atoms with van der Waals surface area (Å²) in [6.45, 7) is 10.8. The van der Waals surface area contributed by atoms with Crippen molar-refractivity contribution in [3.63, 3.8) is 0 Å². The first kappa shape index (κ1) is 22.2. The van der Waals surface area contributed by atoms with Gasteiger partial charge in [0.15, 0.2) is 0 Å². The van der Waals surface area contributed by atoms with Crippen molar-refractivity contribution in [2.45, 2.75) is 46.7 Å². The van der Waals surface area contributed by atoms with E-state index in [-0.39, 0.29) is 16.8 Å². The maximum atomic E-state index is 12.4. The lowest BCUT2D eigenvalue weighted by Gasteiger charge is -2.30. The highest BCUT2D eigenvalue weighted by Crippen LogP contribution is 2.23. The van der Waals surface area contributed by atoms with Crippen LogP contribution >= 0.6 is 11.3 Å². The van der Waals surface area contributed by atoms with Crippen LogP contribution in [0.4, 0.5) is 0 Å². The molecule has 0 aliphatic carbocycles. The zero-order valence-electron chi connectivity index (χ0n) is 17.4. The van der Waals surface area contributed by atoms with Crippen LogP contribution in [-0.2, 0) is 11.3 Å². The van der Waals surface area contributed by atoms with Crippen molar-refractivity contribution in [1.29, 1.82) is 0 Å². The van der Waals surface area contributed by atoms with Crippen molar-refractivity contribution >= 4 is 17.2 Å².